The normalized spacial score (nSPS) is 16.0. The van der Waals surface area contributed by atoms with Crippen LogP contribution in [0.3, 0.4) is 0 Å². The van der Waals surface area contributed by atoms with Gasteiger partial charge in [-0.3, -0.25) is 19.7 Å². The molecule has 0 saturated carbocycles. The molecule has 0 unspecified atom stereocenters. The summed E-state index contributed by atoms with van der Waals surface area (Å²) in [4.78, 5) is 43.6. The fraction of sp³-hybridized carbons (Fsp3) is 0.458. The number of likely N-dealkylation sites (tertiary alicyclic amines) is 1. The second-order valence-corrected chi connectivity index (χ2v) is 7.72. The van der Waals surface area contributed by atoms with Crippen LogP contribution in [-0.4, -0.2) is 78.2 Å². The van der Waals surface area contributed by atoms with Crippen molar-refractivity contribution in [3.63, 3.8) is 0 Å². The van der Waals surface area contributed by atoms with Crippen molar-refractivity contribution in [2.45, 2.75) is 32.6 Å². The topological polar surface area (TPSA) is 135 Å². The van der Waals surface area contributed by atoms with E-state index < -0.39 is 0 Å². The lowest BCUT2D eigenvalue weighted by molar-refractivity contribution is -0.141. The lowest BCUT2D eigenvalue weighted by Gasteiger charge is -2.33. The van der Waals surface area contributed by atoms with Gasteiger partial charge in [-0.15, -0.1) is 12.8 Å². The number of benzene rings is 1. The minimum atomic E-state index is 0.000740. The van der Waals surface area contributed by atoms with E-state index >= 15 is 0 Å². The van der Waals surface area contributed by atoms with Gasteiger partial charge in [0.15, 0.2) is 6.19 Å². The van der Waals surface area contributed by atoms with Gasteiger partial charge >= 0.3 is 0 Å². The molecule has 0 spiro atoms. The highest BCUT2D eigenvalue weighted by Crippen LogP contribution is 2.13. The van der Waals surface area contributed by atoms with Crippen LogP contribution in [0.15, 0.2) is 29.3 Å². The van der Waals surface area contributed by atoms with Gasteiger partial charge in [0.25, 0.3) is 0 Å². The molecular formula is C24H33N7O3. The van der Waals surface area contributed by atoms with Gasteiger partial charge in [-0.2, -0.15) is 5.26 Å². The highest BCUT2D eigenvalue weighted by molar-refractivity contribution is 5.85. The van der Waals surface area contributed by atoms with Crippen LogP contribution >= 0.6 is 0 Å². The number of rotatable bonds is 4. The average Bonchev–Trinajstić information content (AvgIpc) is 3.05. The number of nitrogens with one attached hydrogen (secondary N) is 1. The van der Waals surface area contributed by atoms with Gasteiger partial charge in [0.1, 0.15) is 0 Å². The Bertz CT molecular complexity index is 899. The Hall–Kier alpha value is -4.05. The molecule has 2 fully saturated rings. The van der Waals surface area contributed by atoms with Crippen molar-refractivity contribution in [1.29, 1.82) is 5.26 Å². The number of hydrogen-bond acceptors (Lipinski definition) is 5. The predicted octanol–water partition coefficient (Wildman–Crippen LogP) is 0.951. The molecule has 0 atom stereocenters. The zero-order valence-corrected chi connectivity index (χ0v) is 19.7. The predicted molar refractivity (Wildman–Crippen MR) is 130 cm³/mol. The molecule has 2 aliphatic rings. The summed E-state index contributed by atoms with van der Waals surface area (Å²) in [6.07, 6.45) is 14.1. The lowest BCUT2D eigenvalue weighted by Crippen LogP contribution is -2.51. The first-order chi connectivity index (χ1) is 16.4. The number of carbonyl (C=O) groups is 3. The summed E-state index contributed by atoms with van der Waals surface area (Å²) < 4.78 is 0. The summed E-state index contributed by atoms with van der Waals surface area (Å²) in [7, 11) is 0. The number of hydrogen-bond donors (Lipinski definition) is 2. The van der Waals surface area contributed by atoms with Crippen molar-refractivity contribution in [3.8, 4) is 19.0 Å². The maximum Gasteiger partial charge on any atom is 0.242 e. The molecule has 10 heteroatoms. The van der Waals surface area contributed by atoms with E-state index in [4.69, 9.17) is 11.0 Å². The fourth-order valence-electron chi connectivity index (χ4n) is 3.47. The third-order valence-electron chi connectivity index (χ3n) is 5.25. The van der Waals surface area contributed by atoms with Gasteiger partial charge in [-0.25, -0.2) is 4.99 Å². The molecule has 2 saturated heterocycles. The highest BCUT2D eigenvalue weighted by atomic mass is 16.2. The summed E-state index contributed by atoms with van der Waals surface area (Å²) in [6, 6.07) is 7.55. The Balaban J connectivity index is 0.000000337. The number of nitrogens with zero attached hydrogens (tertiary/aromatic N) is 5. The molecule has 3 rings (SSSR count). The molecule has 0 aromatic heterocycles. The van der Waals surface area contributed by atoms with Gasteiger partial charge in [0.05, 0.1) is 12.2 Å². The first kappa shape index (κ1) is 28.0. The van der Waals surface area contributed by atoms with Crippen molar-refractivity contribution in [1.82, 2.24) is 20.0 Å². The molecule has 1 aromatic rings. The number of piperazine rings is 1. The van der Waals surface area contributed by atoms with E-state index in [2.05, 4.69) is 23.2 Å². The molecular weight excluding hydrogens is 434 g/mol. The van der Waals surface area contributed by atoms with Crippen molar-refractivity contribution in [2.24, 2.45) is 10.7 Å². The molecule has 2 heterocycles. The Morgan fingerprint density at radius 3 is 2.53 bits per heavy atom. The molecule has 3 amide bonds. The molecule has 1 aromatic carbocycles. The van der Waals surface area contributed by atoms with Crippen LogP contribution in [0.4, 0.5) is 5.69 Å². The zero-order chi connectivity index (χ0) is 25.3. The van der Waals surface area contributed by atoms with E-state index in [0.717, 1.165) is 36.9 Å². The Labute approximate surface area is 201 Å². The second kappa shape index (κ2) is 15.7. The summed E-state index contributed by atoms with van der Waals surface area (Å²) in [5, 5.41) is 10.5. The van der Waals surface area contributed by atoms with Crippen molar-refractivity contribution >= 4 is 29.9 Å². The van der Waals surface area contributed by atoms with Gasteiger partial charge < -0.3 is 20.4 Å². The minimum Gasteiger partial charge on any atom is -0.369 e. The quantitative estimate of drug-likeness (QED) is 0.169. The number of carbonyl (C=O) groups excluding carboxylic acids is 3. The Morgan fingerprint density at radius 2 is 1.91 bits per heavy atom. The van der Waals surface area contributed by atoms with E-state index in [1.54, 1.807) is 20.9 Å². The second-order valence-electron chi connectivity index (χ2n) is 7.72. The SMILES string of the molecule is C#C.Cc1cccc(N=C(N)NC#N)c1.O=CN1CCN(C(=O)CN2CCCCCC2=O)CC1. The summed E-state index contributed by atoms with van der Waals surface area (Å²) >= 11 is 0. The Kier molecular flexibility index (Phi) is 12.9. The number of aryl methyl sites for hydroxylation is 1. The molecule has 2 aliphatic heterocycles. The first-order valence-electron chi connectivity index (χ1n) is 11.1. The molecule has 0 radical (unpaired) electrons. The van der Waals surface area contributed by atoms with Crippen LogP contribution in [-0.2, 0) is 14.4 Å². The monoisotopic (exact) mass is 467 g/mol. The first-order valence-corrected chi connectivity index (χ1v) is 11.1. The molecule has 0 aliphatic carbocycles. The summed E-state index contributed by atoms with van der Waals surface area (Å²) in [5.74, 6) is 0.200. The van der Waals surface area contributed by atoms with Crippen LogP contribution in [0.25, 0.3) is 0 Å². The van der Waals surface area contributed by atoms with Crippen molar-refractivity contribution < 1.29 is 14.4 Å². The molecule has 10 nitrogen and oxygen atoms in total. The van der Waals surface area contributed by atoms with E-state index in [9.17, 15) is 14.4 Å². The van der Waals surface area contributed by atoms with Gasteiger partial charge in [-0.1, -0.05) is 18.6 Å². The van der Waals surface area contributed by atoms with Crippen LogP contribution in [0.5, 0.6) is 0 Å². The number of terminal acetylenes is 1. The van der Waals surface area contributed by atoms with Crippen LogP contribution < -0.4 is 11.1 Å². The molecule has 34 heavy (non-hydrogen) atoms. The van der Waals surface area contributed by atoms with Crippen LogP contribution in [0.1, 0.15) is 31.2 Å². The smallest absolute Gasteiger partial charge is 0.242 e. The standard InChI is InChI=1S/C13H21N3O3.C9H10N4.C2H2/c17-11-14-6-8-15(9-7-14)13(19)10-16-5-3-1-2-4-12(16)18;1-7-3-2-4-8(5-7)13-9(11)12-6-10;1-2/h11H,1-10H2;2-5H,1H3,(H3,11,12,13);1-2H. The highest BCUT2D eigenvalue weighted by Gasteiger charge is 2.24. The lowest BCUT2D eigenvalue weighted by atomic mass is 10.2. The van der Waals surface area contributed by atoms with E-state index in [-0.39, 0.29) is 24.3 Å². The van der Waals surface area contributed by atoms with Gasteiger partial charge in [0, 0.05) is 39.1 Å². The fourth-order valence-corrected chi connectivity index (χ4v) is 3.47. The van der Waals surface area contributed by atoms with Crippen LogP contribution in [0, 0.1) is 31.2 Å². The summed E-state index contributed by atoms with van der Waals surface area (Å²) in [6.45, 7) is 5.16. The van der Waals surface area contributed by atoms with Gasteiger partial charge in [0.2, 0.25) is 24.2 Å². The van der Waals surface area contributed by atoms with E-state index in [0.29, 0.717) is 39.1 Å². The van der Waals surface area contributed by atoms with E-state index in [1.807, 2.05) is 31.2 Å². The number of guanidine groups is 1. The molecule has 0 bridgehead atoms. The third-order valence-corrected chi connectivity index (χ3v) is 5.25. The van der Waals surface area contributed by atoms with E-state index in [1.165, 1.54) is 0 Å². The molecule has 3 N–H and O–H groups in total. The third kappa shape index (κ3) is 10.0. The number of nitrogens with two attached hydrogens (primary N) is 1. The van der Waals surface area contributed by atoms with Crippen molar-refractivity contribution in [2.75, 3.05) is 39.3 Å². The largest absolute Gasteiger partial charge is 0.369 e. The zero-order valence-electron chi connectivity index (χ0n) is 19.7. The maximum atomic E-state index is 12.1. The summed E-state index contributed by atoms with van der Waals surface area (Å²) in [5.41, 5.74) is 7.22. The molecule has 182 valence electrons. The number of aliphatic imine (C=N–C) groups is 1. The van der Waals surface area contributed by atoms with Gasteiger partial charge in [-0.05, 0) is 37.5 Å². The maximum absolute atomic E-state index is 12.1. The van der Waals surface area contributed by atoms with Crippen molar-refractivity contribution in [3.05, 3.63) is 29.8 Å². The average molecular weight is 468 g/mol. The minimum absolute atomic E-state index is 0.000740. The number of nitriles is 1. The Morgan fingerprint density at radius 1 is 1.21 bits per heavy atom. The van der Waals surface area contributed by atoms with Crippen LogP contribution in [0.2, 0.25) is 0 Å². The number of amides is 3.